The van der Waals surface area contributed by atoms with Crippen LogP contribution in [0, 0.1) is 0 Å². The molecule has 1 rings (SSSR count). The number of carbonyl (C=O) groups excluding carboxylic acids is 1. The van der Waals surface area contributed by atoms with E-state index in [0.29, 0.717) is 19.7 Å². The number of hydrogen-bond acceptors (Lipinski definition) is 4. The summed E-state index contributed by atoms with van der Waals surface area (Å²) < 4.78 is 10.2. The SMILES string of the molecule is CCOC(=O)N1CCC(OC)CC1CN. The lowest BCUT2D eigenvalue weighted by molar-refractivity contribution is 0.0102. The Labute approximate surface area is 90.5 Å². The molecule has 1 amide bonds. The molecule has 0 spiro atoms. The summed E-state index contributed by atoms with van der Waals surface area (Å²) in [5.41, 5.74) is 5.64. The Morgan fingerprint density at radius 2 is 2.33 bits per heavy atom. The molecule has 2 N–H and O–H groups in total. The highest BCUT2D eigenvalue weighted by molar-refractivity contribution is 5.68. The van der Waals surface area contributed by atoms with Crippen molar-refractivity contribution in [2.24, 2.45) is 5.73 Å². The van der Waals surface area contributed by atoms with Gasteiger partial charge in [-0.15, -0.1) is 0 Å². The van der Waals surface area contributed by atoms with E-state index in [1.54, 1.807) is 18.9 Å². The number of ether oxygens (including phenoxy) is 2. The number of amides is 1. The number of piperidine rings is 1. The summed E-state index contributed by atoms with van der Waals surface area (Å²) in [4.78, 5) is 13.3. The van der Waals surface area contributed by atoms with Crippen molar-refractivity contribution < 1.29 is 14.3 Å². The minimum atomic E-state index is -0.262. The molecule has 1 heterocycles. The van der Waals surface area contributed by atoms with Crippen LogP contribution in [-0.2, 0) is 9.47 Å². The van der Waals surface area contributed by atoms with Gasteiger partial charge in [0, 0.05) is 26.2 Å². The molecule has 88 valence electrons. The van der Waals surface area contributed by atoms with Gasteiger partial charge in [0.05, 0.1) is 12.7 Å². The summed E-state index contributed by atoms with van der Waals surface area (Å²) in [6.07, 6.45) is 1.60. The molecule has 0 bridgehead atoms. The van der Waals surface area contributed by atoms with Gasteiger partial charge in [0.15, 0.2) is 0 Å². The molecule has 5 nitrogen and oxygen atoms in total. The van der Waals surface area contributed by atoms with Gasteiger partial charge in [-0.2, -0.15) is 0 Å². The Kier molecular flexibility index (Phi) is 4.84. The lowest BCUT2D eigenvalue weighted by atomic mass is 10.00. The van der Waals surface area contributed by atoms with Crippen molar-refractivity contribution in [2.75, 3.05) is 26.8 Å². The number of nitrogens with zero attached hydrogens (tertiary/aromatic N) is 1. The number of carbonyl (C=O) groups is 1. The van der Waals surface area contributed by atoms with E-state index in [0.717, 1.165) is 12.8 Å². The molecule has 1 aliphatic rings. The van der Waals surface area contributed by atoms with Crippen LogP contribution in [-0.4, -0.2) is 49.9 Å². The van der Waals surface area contributed by atoms with E-state index in [-0.39, 0.29) is 18.2 Å². The van der Waals surface area contributed by atoms with Gasteiger partial charge in [0.1, 0.15) is 0 Å². The normalized spacial score (nSPS) is 26.5. The Balaban J connectivity index is 2.53. The first-order chi connectivity index (χ1) is 7.22. The highest BCUT2D eigenvalue weighted by Crippen LogP contribution is 2.19. The van der Waals surface area contributed by atoms with Crippen molar-refractivity contribution in [1.29, 1.82) is 0 Å². The molecule has 1 aliphatic heterocycles. The van der Waals surface area contributed by atoms with Gasteiger partial charge in [0.25, 0.3) is 0 Å². The first-order valence-corrected chi connectivity index (χ1v) is 5.39. The third-order valence-electron chi connectivity index (χ3n) is 2.78. The fourth-order valence-corrected chi connectivity index (χ4v) is 1.90. The van der Waals surface area contributed by atoms with Gasteiger partial charge in [-0.1, -0.05) is 0 Å². The van der Waals surface area contributed by atoms with Crippen LogP contribution in [0.25, 0.3) is 0 Å². The van der Waals surface area contributed by atoms with Gasteiger partial charge in [-0.3, -0.25) is 0 Å². The molecule has 0 aromatic heterocycles. The molecule has 0 aromatic carbocycles. The van der Waals surface area contributed by atoms with Crippen LogP contribution < -0.4 is 5.73 Å². The van der Waals surface area contributed by atoms with E-state index in [2.05, 4.69) is 0 Å². The molecular formula is C10H20N2O3. The number of likely N-dealkylation sites (tertiary alicyclic amines) is 1. The quantitative estimate of drug-likeness (QED) is 0.749. The molecule has 5 heteroatoms. The Bertz CT molecular complexity index is 211. The third-order valence-corrected chi connectivity index (χ3v) is 2.78. The number of hydrogen-bond donors (Lipinski definition) is 1. The molecule has 0 saturated carbocycles. The first-order valence-electron chi connectivity index (χ1n) is 5.39. The fraction of sp³-hybridized carbons (Fsp3) is 0.900. The Morgan fingerprint density at radius 3 is 2.87 bits per heavy atom. The van der Waals surface area contributed by atoms with Gasteiger partial charge in [0.2, 0.25) is 0 Å². The number of rotatable bonds is 3. The topological polar surface area (TPSA) is 64.8 Å². The lowest BCUT2D eigenvalue weighted by Crippen LogP contribution is -2.51. The highest BCUT2D eigenvalue weighted by Gasteiger charge is 2.31. The van der Waals surface area contributed by atoms with E-state index < -0.39 is 0 Å². The van der Waals surface area contributed by atoms with Crippen molar-refractivity contribution in [3.63, 3.8) is 0 Å². The largest absolute Gasteiger partial charge is 0.450 e. The number of methoxy groups -OCH3 is 1. The van der Waals surface area contributed by atoms with Gasteiger partial charge >= 0.3 is 6.09 Å². The van der Waals surface area contributed by atoms with Gasteiger partial charge in [-0.05, 0) is 19.8 Å². The monoisotopic (exact) mass is 216 g/mol. The summed E-state index contributed by atoms with van der Waals surface area (Å²) in [5.74, 6) is 0. The molecule has 0 aliphatic carbocycles. The predicted molar refractivity (Wildman–Crippen MR) is 56.6 cm³/mol. The second kappa shape index (κ2) is 5.92. The zero-order chi connectivity index (χ0) is 11.3. The molecule has 0 radical (unpaired) electrons. The van der Waals surface area contributed by atoms with Crippen LogP contribution in [0.1, 0.15) is 19.8 Å². The van der Waals surface area contributed by atoms with E-state index in [9.17, 15) is 4.79 Å². The first kappa shape index (κ1) is 12.3. The van der Waals surface area contributed by atoms with E-state index in [1.807, 2.05) is 0 Å². The minimum absolute atomic E-state index is 0.0442. The van der Waals surface area contributed by atoms with Crippen LogP contribution in [0.15, 0.2) is 0 Å². The highest BCUT2D eigenvalue weighted by atomic mass is 16.6. The van der Waals surface area contributed by atoms with Crippen molar-refractivity contribution in [3.05, 3.63) is 0 Å². The van der Waals surface area contributed by atoms with Crippen LogP contribution in [0.3, 0.4) is 0 Å². The van der Waals surface area contributed by atoms with Crippen LogP contribution in [0.4, 0.5) is 4.79 Å². The maximum absolute atomic E-state index is 11.6. The molecule has 2 unspecified atom stereocenters. The smallest absolute Gasteiger partial charge is 0.410 e. The van der Waals surface area contributed by atoms with Crippen LogP contribution in [0.5, 0.6) is 0 Å². The molecule has 1 fully saturated rings. The molecule has 0 aromatic rings. The van der Waals surface area contributed by atoms with Crippen LogP contribution in [0.2, 0.25) is 0 Å². The summed E-state index contributed by atoms with van der Waals surface area (Å²) in [7, 11) is 1.69. The van der Waals surface area contributed by atoms with E-state index >= 15 is 0 Å². The zero-order valence-electron chi connectivity index (χ0n) is 9.44. The van der Waals surface area contributed by atoms with Crippen molar-refractivity contribution in [3.8, 4) is 0 Å². The molecule has 2 atom stereocenters. The maximum Gasteiger partial charge on any atom is 0.410 e. The van der Waals surface area contributed by atoms with Crippen LogP contribution >= 0.6 is 0 Å². The molecular weight excluding hydrogens is 196 g/mol. The van der Waals surface area contributed by atoms with Crippen molar-refractivity contribution in [2.45, 2.75) is 31.9 Å². The van der Waals surface area contributed by atoms with E-state index in [4.69, 9.17) is 15.2 Å². The Morgan fingerprint density at radius 1 is 1.60 bits per heavy atom. The predicted octanol–water partition coefficient (Wildman–Crippen LogP) is 0.581. The van der Waals surface area contributed by atoms with Crippen molar-refractivity contribution in [1.82, 2.24) is 4.90 Å². The lowest BCUT2D eigenvalue weighted by Gasteiger charge is -2.37. The third kappa shape index (κ3) is 3.07. The standard InChI is InChI=1S/C10H20N2O3/c1-3-15-10(13)12-5-4-9(14-2)6-8(12)7-11/h8-9H,3-7,11H2,1-2H3. The zero-order valence-corrected chi connectivity index (χ0v) is 9.44. The minimum Gasteiger partial charge on any atom is -0.450 e. The van der Waals surface area contributed by atoms with Gasteiger partial charge in [-0.25, -0.2) is 4.79 Å². The average Bonchev–Trinajstić information content (AvgIpc) is 2.28. The second-order valence-electron chi connectivity index (χ2n) is 3.66. The molecule has 1 saturated heterocycles. The summed E-state index contributed by atoms with van der Waals surface area (Å²) >= 11 is 0. The summed E-state index contributed by atoms with van der Waals surface area (Å²) in [6, 6.07) is 0.0442. The van der Waals surface area contributed by atoms with Crippen molar-refractivity contribution >= 4 is 6.09 Å². The Hall–Kier alpha value is -0.810. The molecule has 15 heavy (non-hydrogen) atoms. The second-order valence-corrected chi connectivity index (χ2v) is 3.66. The number of nitrogens with two attached hydrogens (primary N) is 1. The van der Waals surface area contributed by atoms with Gasteiger partial charge < -0.3 is 20.1 Å². The maximum atomic E-state index is 11.6. The average molecular weight is 216 g/mol. The fourth-order valence-electron chi connectivity index (χ4n) is 1.90. The summed E-state index contributed by atoms with van der Waals surface area (Å²) in [6.45, 7) is 3.33. The summed E-state index contributed by atoms with van der Waals surface area (Å²) in [5, 5.41) is 0. The van der Waals surface area contributed by atoms with E-state index in [1.165, 1.54) is 0 Å².